The summed E-state index contributed by atoms with van der Waals surface area (Å²) in [5.41, 5.74) is 3.92. The van der Waals surface area contributed by atoms with E-state index in [9.17, 15) is 4.39 Å². The summed E-state index contributed by atoms with van der Waals surface area (Å²) in [5, 5.41) is 8.99. The summed E-state index contributed by atoms with van der Waals surface area (Å²) in [4.78, 5) is 0. The number of methoxy groups -OCH3 is 1. The molecule has 0 aromatic carbocycles. The van der Waals surface area contributed by atoms with Crippen LogP contribution in [0.2, 0.25) is 0 Å². The minimum Gasteiger partial charge on any atom is -0.385 e. The van der Waals surface area contributed by atoms with Gasteiger partial charge in [0.15, 0.2) is 0 Å². The molecule has 0 saturated heterocycles. The van der Waals surface area contributed by atoms with Crippen molar-refractivity contribution >= 4 is 5.57 Å². The Hall–Kier alpha value is -1.55. The summed E-state index contributed by atoms with van der Waals surface area (Å²) >= 11 is 0. The van der Waals surface area contributed by atoms with E-state index < -0.39 is 0 Å². The molecule has 3 aliphatic rings. The molecule has 0 N–H and O–H groups in total. The molecule has 1 heterocycles. The first kappa shape index (κ1) is 15.0. The number of ether oxygens (including phenoxy) is 1. The standard InChI is InChI=1S/C19H23FN2O/c1-23-10-9-19-8-4-5-13(12-19)15-11-17(21-22-18(15)19)14-6-2-3-7-16(14)20/h2,6,11,13H,3-5,7-10,12H2,1H3/t13-,19-/m0/s1. The zero-order valence-corrected chi connectivity index (χ0v) is 13.6. The molecule has 1 aromatic rings. The number of halogens is 1. The minimum atomic E-state index is -0.0585. The topological polar surface area (TPSA) is 35.0 Å². The Labute approximate surface area is 136 Å². The highest BCUT2D eigenvalue weighted by molar-refractivity contribution is 5.74. The summed E-state index contributed by atoms with van der Waals surface area (Å²) in [6, 6.07) is 2.11. The molecule has 0 spiro atoms. The fraction of sp³-hybridized carbons (Fsp3) is 0.579. The highest BCUT2D eigenvalue weighted by Gasteiger charge is 2.47. The number of nitrogens with zero attached hydrogens (tertiary/aromatic N) is 2. The van der Waals surface area contributed by atoms with Crippen LogP contribution in [0.4, 0.5) is 4.39 Å². The Bertz CT molecular complexity index is 682. The Morgan fingerprint density at radius 2 is 2.30 bits per heavy atom. The average molecular weight is 314 g/mol. The third kappa shape index (κ3) is 2.44. The third-order valence-corrected chi connectivity index (χ3v) is 5.78. The molecule has 4 rings (SSSR count). The van der Waals surface area contributed by atoms with Crippen molar-refractivity contribution in [2.45, 2.75) is 56.3 Å². The average Bonchev–Trinajstić information content (AvgIpc) is 2.80. The van der Waals surface area contributed by atoms with Crippen LogP contribution in [0.25, 0.3) is 5.57 Å². The van der Waals surface area contributed by atoms with Crippen molar-refractivity contribution in [1.82, 2.24) is 10.2 Å². The molecular weight excluding hydrogens is 291 g/mol. The largest absolute Gasteiger partial charge is 0.385 e. The van der Waals surface area contributed by atoms with E-state index in [1.807, 2.05) is 12.2 Å². The van der Waals surface area contributed by atoms with Gasteiger partial charge in [-0.05, 0) is 49.7 Å². The molecule has 3 aliphatic carbocycles. The number of aromatic nitrogens is 2. The van der Waals surface area contributed by atoms with Gasteiger partial charge >= 0.3 is 0 Å². The van der Waals surface area contributed by atoms with Crippen LogP contribution in [0.3, 0.4) is 0 Å². The summed E-state index contributed by atoms with van der Waals surface area (Å²) in [6.45, 7) is 0.762. The molecule has 23 heavy (non-hydrogen) atoms. The maximum Gasteiger partial charge on any atom is 0.110 e. The van der Waals surface area contributed by atoms with E-state index in [2.05, 4.69) is 16.3 Å². The van der Waals surface area contributed by atoms with Gasteiger partial charge in [0.05, 0.1) is 11.4 Å². The van der Waals surface area contributed by atoms with E-state index in [-0.39, 0.29) is 11.2 Å². The van der Waals surface area contributed by atoms with E-state index >= 15 is 0 Å². The molecule has 4 heteroatoms. The minimum absolute atomic E-state index is 0.0585. The predicted octanol–water partition coefficient (Wildman–Crippen LogP) is 4.45. The first-order valence-electron chi connectivity index (χ1n) is 8.66. The van der Waals surface area contributed by atoms with Gasteiger partial charge < -0.3 is 4.74 Å². The molecule has 2 bridgehead atoms. The Kier molecular flexibility index (Phi) is 3.80. The summed E-state index contributed by atoms with van der Waals surface area (Å²) in [7, 11) is 1.76. The molecule has 0 unspecified atom stereocenters. The van der Waals surface area contributed by atoms with Gasteiger partial charge in [0.1, 0.15) is 5.83 Å². The summed E-state index contributed by atoms with van der Waals surface area (Å²) < 4.78 is 19.5. The van der Waals surface area contributed by atoms with Crippen molar-refractivity contribution in [3.05, 3.63) is 41.0 Å². The molecule has 0 radical (unpaired) electrons. The van der Waals surface area contributed by atoms with Gasteiger partial charge in [0, 0.05) is 31.1 Å². The van der Waals surface area contributed by atoms with Crippen molar-refractivity contribution < 1.29 is 9.13 Å². The van der Waals surface area contributed by atoms with Crippen LogP contribution in [0.15, 0.2) is 24.0 Å². The quantitative estimate of drug-likeness (QED) is 0.823. The predicted molar refractivity (Wildman–Crippen MR) is 87.8 cm³/mol. The first-order valence-corrected chi connectivity index (χ1v) is 8.66. The lowest BCUT2D eigenvalue weighted by Gasteiger charge is -2.32. The van der Waals surface area contributed by atoms with Crippen LogP contribution in [-0.2, 0) is 10.2 Å². The van der Waals surface area contributed by atoms with Crippen LogP contribution < -0.4 is 0 Å². The maximum atomic E-state index is 14.1. The van der Waals surface area contributed by atoms with Gasteiger partial charge in [-0.2, -0.15) is 10.2 Å². The van der Waals surface area contributed by atoms with Crippen molar-refractivity contribution in [2.24, 2.45) is 0 Å². The Balaban J connectivity index is 1.74. The number of hydrogen-bond donors (Lipinski definition) is 0. The molecule has 1 aromatic heterocycles. The lowest BCUT2D eigenvalue weighted by atomic mass is 9.72. The molecule has 0 amide bonds. The van der Waals surface area contributed by atoms with Gasteiger partial charge in [-0.15, -0.1) is 0 Å². The van der Waals surface area contributed by atoms with Crippen LogP contribution in [0.1, 0.15) is 67.8 Å². The highest BCUT2D eigenvalue weighted by atomic mass is 19.1. The van der Waals surface area contributed by atoms with Gasteiger partial charge in [-0.3, -0.25) is 0 Å². The zero-order chi connectivity index (χ0) is 15.9. The maximum absolute atomic E-state index is 14.1. The van der Waals surface area contributed by atoms with Crippen molar-refractivity contribution in [3.8, 4) is 0 Å². The smallest absolute Gasteiger partial charge is 0.110 e. The second kappa shape index (κ2) is 5.82. The second-order valence-electron chi connectivity index (χ2n) is 7.11. The van der Waals surface area contributed by atoms with Gasteiger partial charge in [0.2, 0.25) is 0 Å². The van der Waals surface area contributed by atoms with E-state index in [0.717, 1.165) is 31.6 Å². The number of fused-ring (bicyclic) bond motifs is 5. The fourth-order valence-corrected chi connectivity index (χ4v) is 4.61. The van der Waals surface area contributed by atoms with Crippen LogP contribution in [0.5, 0.6) is 0 Å². The molecule has 1 fully saturated rings. The summed E-state index contributed by atoms with van der Waals surface area (Å²) in [6.07, 6.45) is 10.9. The van der Waals surface area contributed by atoms with Crippen LogP contribution >= 0.6 is 0 Å². The number of allylic oxidation sites excluding steroid dienone is 4. The SMILES string of the molecule is COCC[C@@]12CCC[C@@H](C1)c1cc(C3=C(F)CCC=C3)nnc12. The molecular formula is C19H23FN2O. The van der Waals surface area contributed by atoms with Crippen molar-refractivity contribution in [1.29, 1.82) is 0 Å². The Morgan fingerprint density at radius 3 is 3.13 bits per heavy atom. The molecule has 2 atom stereocenters. The summed E-state index contributed by atoms with van der Waals surface area (Å²) in [5.74, 6) is 0.498. The first-order chi connectivity index (χ1) is 11.2. The third-order valence-electron chi connectivity index (χ3n) is 5.78. The molecule has 1 saturated carbocycles. The van der Waals surface area contributed by atoms with E-state index in [1.165, 1.54) is 24.8 Å². The van der Waals surface area contributed by atoms with Crippen LogP contribution in [-0.4, -0.2) is 23.9 Å². The monoisotopic (exact) mass is 314 g/mol. The van der Waals surface area contributed by atoms with Crippen molar-refractivity contribution in [3.63, 3.8) is 0 Å². The van der Waals surface area contributed by atoms with E-state index in [1.54, 1.807) is 7.11 Å². The van der Waals surface area contributed by atoms with Gasteiger partial charge in [-0.25, -0.2) is 4.39 Å². The molecule has 0 aliphatic heterocycles. The highest BCUT2D eigenvalue weighted by Crippen LogP contribution is 2.55. The van der Waals surface area contributed by atoms with Crippen molar-refractivity contribution in [2.75, 3.05) is 13.7 Å². The van der Waals surface area contributed by atoms with E-state index in [4.69, 9.17) is 4.74 Å². The lowest BCUT2D eigenvalue weighted by molar-refractivity contribution is 0.150. The van der Waals surface area contributed by atoms with Gasteiger partial charge in [-0.1, -0.05) is 18.6 Å². The van der Waals surface area contributed by atoms with E-state index in [0.29, 0.717) is 23.6 Å². The molecule has 3 nitrogen and oxygen atoms in total. The second-order valence-corrected chi connectivity index (χ2v) is 7.11. The molecule has 122 valence electrons. The fourth-order valence-electron chi connectivity index (χ4n) is 4.61. The normalized spacial score (nSPS) is 29.0. The lowest BCUT2D eigenvalue weighted by Crippen LogP contribution is -2.28. The number of rotatable bonds is 4. The van der Waals surface area contributed by atoms with Crippen LogP contribution in [0, 0.1) is 0 Å². The van der Waals surface area contributed by atoms with Gasteiger partial charge in [0.25, 0.3) is 0 Å². The number of hydrogen-bond acceptors (Lipinski definition) is 3. The zero-order valence-electron chi connectivity index (χ0n) is 13.6. The Morgan fingerprint density at radius 1 is 1.39 bits per heavy atom.